The van der Waals surface area contributed by atoms with Crippen LogP contribution in [0.3, 0.4) is 0 Å². The zero-order valence-electron chi connectivity index (χ0n) is 33.0. The van der Waals surface area contributed by atoms with Crippen LogP contribution in [0.1, 0.15) is 100 Å². The van der Waals surface area contributed by atoms with E-state index >= 15 is 0 Å². The van der Waals surface area contributed by atoms with Crippen LogP contribution in [0.5, 0.6) is 0 Å². The summed E-state index contributed by atoms with van der Waals surface area (Å²) in [7, 11) is 0. The predicted octanol–water partition coefficient (Wildman–Crippen LogP) is 12.2. The van der Waals surface area contributed by atoms with E-state index in [0.29, 0.717) is 6.92 Å². The Bertz CT molecular complexity index is 1260. The molecule has 0 bridgehead atoms. The number of rotatable bonds is 10. The summed E-state index contributed by atoms with van der Waals surface area (Å²) >= 11 is 5.00. The molecule has 1 unspecified atom stereocenters. The Hall–Kier alpha value is -3.49. The Morgan fingerprint density at radius 1 is 0.393 bits per heavy atom. The van der Waals surface area contributed by atoms with Gasteiger partial charge in [0.15, 0.2) is 0 Å². The highest BCUT2D eigenvalue weighted by atomic mass is 35.5. The van der Waals surface area contributed by atoms with E-state index < -0.39 is 128 Å². The first-order valence-corrected chi connectivity index (χ1v) is 17.0. The third-order valence-electron chi connectivity index (χ3n) is 4.98. The summed E-state index contributed by atoms with van der Waals surface area (Å²) in [5, 5.41) is 0. The van der Waals surface area contributed by atoms with E-state index in [-0.39, 0.29) is 6.42 Å². The van der Waals surface area contributed by atoms with Crippen molar-refractivity contribution in [2.24, 2.45) is 11.8 Å². The van der Waals surface area contributed by atoms with Gasteiger partial charge >= 0.3 is 43.2 Å². The molecule has 61 heavy (non-hydrogen) atoms. The highest BCUT2D eigenvalue weighted by molar-refractivity contribution is 6.17. The van der Waals surface area contributed by atoms with Crippen LogP contribution >= 0.6 is 11.6 Å². The molecule has 0 saturated heterocycles. The van der Waals surface area contributed by atoms with Crippen LogP contribution in [0.25, 0.3) is 0 Å². The van der Waals surface area contributed by atoms with Gasteiger partial charge in [-0.1, -0.05) is 61.8 Å². The maximum Gasteiger partial charge on any atom is 0.450 e. The number of halogens is 22. The SMILES string of the molecule is CC(C)C(=O)C(F)(F)F.CC(CC(=O)C(F)(F)F)C(=O)C(F)(F)F.CCC.CCC(=O)C(F)(F)F.CCCC(=O)C(F)(F)F.CCCl.O=C(CCC(=O)C(F)(F)F)C(F)(F)F. The minimum Gasteiger partial charge on any atom is -0.290 e. The lowest BCUT2D eigenvalue weighted by Crippen LogP contribution is -2.33. The largest absolute Gasteiger partial charge is 0.450 e. The molecule has 0 amide bonds. The summed E-state index contributed by atoms with van der Waals surface area (Å²) in [5.74, 6) is -16.6. The van der Waals surface area contributed by atoms with Crippen molar-refractivity contribution >= 4 is 52.1 Å². The molecule has 1 atom stereocenters. The molecule has 29 heteroatoms. The second-order valence-corrected chi connectivity index (χ2v) is 11.7. The standard InChI is InChI=1S/C7H6F6O2.C6H4F6O2.2C5H7F3O.C4H5F3O.C3H8.C2H5Cl/c1-3(5(15)7(11,12)13)2-4(14)6(8,9)10;7-5(8,9)3(13)1-2-4(14)6(10,11)12;1-3(2)4(9)5(6,7)8;1-2-3-4(9)5(6,7)8;1-2-3(8)4(5,6)7;1-3-2;1-2-3/h3H,2H2,1H3;1-2H2;3H,1-2H3;2-3H2,1H3;2H2,1H3;3H2,1-2H3;2H2,1H3. The van der Waals surface area contributed by atoms with E-state index in [1.165, 1.54) is 34.1 Å². The fourth-order valence-electron chi connectivity index (χ4n) is 2.17. The van der Waals surface area contributed by atoms with Crippen molar-refractivity contribution in [2.75, 3.05) is 5.88 Å². The first-order chi connectivity index (χ1) is 26.7. The van der Waals surface area contributed by atoms with E-state index in [0.717, 1.165) is 5.88 Å². The number of hydrogen-bond acceptors (Lipinski definition) is 7. The zero-order chi connectivity index (χ0) is 51.4. The number of Topliss-reactive ketones (excluding diaryl/α,β-unsaturated/α-hetero) is 7. The average Bonchev–Trinajstić information content (AvgIpc) is 3.04. The third-order valence-corrected chi connectivity index (χ3v) is 4.98. The van der Waals surface area contributed by atoms with Crippen LogP contribution in [0.15, 0.2) is 0 Å². The second-order valence-electron chi connectivity index (χ2n) is 11.2. The lowest BCUT2D eigenvalue weighted by molar-refractivity contribution is -0.180. The minimum absolute atomic E-state index is 0.248. The summed E-state index contributed by atoms with van der Waals surface area (Å²) in [6, 6.07) is 0. The van der Waals surface area contributed by atoms with Crippen molar-refractivity contribution in [3.8, 4) is 0 Å². The fraction of sp³-hybridized carbons (Fsp3) is 0.781. The van der Waals surface area contributed by atoms with Gasteiger partial charge < -0.3 is 0 Å². The van der Waals surface area contributed by atoms with Gasteiger partial charge in [-0.3, -0.25) is 33.6 Å². The number of carbonyl (C=O) groups is 7. The van der Waals surface area contributed by atoms with Crippen LogP contribution in [0.2, 0.25) is 0 Å². The maximum absolute atomic E-state index is 11.7. The topological polar surface area (TPSA) is 119 Å². The van der Waals surface area contributed by atoms with E-state index in [2.05, 4.69) is 13.8 Å². The molecule has 0 spiro atoms. The normalized spacial score (nSPS) is 12.2. The number of carbonyl (C=O) groups excluding carboxylic acids is 7. The van der Waals surface area contributed by atoms with Gasteiger partial charge in [0.1, 0.15) is 0 Å². The molecule has 0 fully saturated rings. The summed E-state index contributed by atoms with van der Waals surface area (Å²) < 4.78 is 240. The monoisotopic (exact) mass is 972 g/mol. The molecule has 0 aliphatic rings. The van der Waals surface area contributed by atoms with Crippen LogP contribution in [0.4, 0.5) is 92.2 Å². The molecule has 7 nitrogen and oxygen atoms in total. The fourth-order valence-corrected chi connectivity index (χ4v) is 2.17. The van der Waals surface area contributed by atoms with Crippen molar-refractivity contribution < 1.29 is 126 Å². The maximum atomic E-state index is 11.7. The van der Waals surface area contributed by atoms with Crippen molar-refractivity contribution in [3.63, 3.8) is 0 Å². The van der Waals surface area contributed by atoms with Crippen molar-refractivity contribution in [2.45, 2.75) is 144 Å². The summed E-state index contributed by atoms with van der Waals surface area (Å²) in [6.45, 7) is 11.9. The molecule has 0 N–H and O–H groups in total. The molecule has 0 aromatic carbocycles. The lowest BCUT2D eigenvalue weighted by atomic mass is 9.99. The Morgan fingerprint density at radius 2 is 0.623 bits per heavy atom. The van der Waals surface area contributed by atoms with Crippen molar-refractivity contribution in [1.29, 1.82) is 0 Å². The van der Waals surface area contributed by atoms with E-state index in [1.807, 2.05) is 6.92 Å². The Morgan fingerprint density at radius 3 is 0.738 bits per heavy atom. The zero-order valence-corrected chi connectivity index (χ0v) is 33.7. The van der Waals surface area contributed by atoms with Gasteiger partial charge in [0.25, 0.3) is 0 Å². The average molecular weight is 973 g/mol. The van der Waals surface area contributed by atoms with Crippen LogP contribution in [0, 0.1) is 11.8 Å². The summed E-state index contributed by atoms with van der Waals surface area (Å²) in [5.41, 5.74) is 0. The minimum atomic E-state index is -5.22. The third kappa shape index (κ3) is 45.9. The molecule has 0 aliphatic carbocycles. The highest BCUT2D eigenvalue weighted by Crippen LogP contribution is 2.27. The van der Waals surface area contributed by atoms with Gasteiger partial charge in [0.2, 0.25) is 40.5 Å². The van der Waals surface area contributed by atoms with E-state index in [1.54, 1.807) is 0 Å². The number of ketones is 7. The number of hydrogen-bond donors (Lipinski definition) is 0. The number of alkyl halides is 22. The predicted molar refractivity (Wildman–Crippen MR) is 173 cm³/mol. The first-order valence-electron chi connectivity index (χ1n) is 16.4. The highest BCUT2D eigenvalue weighted by Gasteiger charge is 2.46. The van der Waals surface area contributed by atoms with Gasteiger partial charge in [0.05, 0.1) is 0 Å². The second kappa shape index (κ2) is 32.2. The lowest BCUT2D eigenvalue weighted by Gasteiger charge is -2.12. The van der Waals surface area contributed by atoms with Crippen molar-refractivity contribution in [3.05, 3.63) is 0 Å². The first kappa shape index (κ1) is 72.0. The summed E-state index contributed by atoms with van der Waals surface area (Å²) in [4.78, 5) is 70.4. The van der Waals surface area contributed by atoms with Crippen molar-refractivity contribution in [1.82, 2.24) is 0 Å². The molecule has 0 rings (SSSR count). The van der Waals surface area contributed by atoms with E-state index in [4.69, 9.17) is 11.6 Å². The summed E-state index contributed by atoms with van der Waals surface area (Å²) in [6.07, 6.45) is -38.5. The Kier molecular flexibility index (Phi) is 38.0. The van der Waals surface area contributed by atoms with Gasteiger partial charge in [-0.25, -0.2) is 0 Å². The van der Waals surface area contributed by atoms with Crippen LogP contribution < -0.4 is 0 Å². The van der Waals surface area contributed by atoms with Crippen LogP contribution in [-0.2, 0) is 33.6 Å². The molecular weight excluding hydrogens is 931 g/mol. The van der Waals surface area contributed by atoms with Gasteiger partial charge in [-0.05, 0) is 6.42 Å². The van der Waals surface area contributed by atoms with Gasteiger partial charge in [-0.15, -0.1) is 11.6 Å². The molecular formula is C32H42ClF21O7. The smallest absolute Gasteiger partial charge is 0.290 e. The molecule has 0 aliphatic heterocycles. The van der Waals surface area contributed by atoms with Crippen LogP contribution in [-0.4, -0.2) is 89.6 Å². The molecule has 0 heterocycles. The molecule has 0 aromatic heterocycles. The van der Waals surface area contributed by atoms with Gasteiger partial charge in [-0.2, -0.15) is 92.2 Å². The Balaban J connectivity index is -0.000000118. The molecule has 0 radical (unpaired) electrons. The van der Waals surface area contributed by atoms with Gasteiger partial charge in [0, 0.05) is 49.8 Å². The molecule has 0 saturated carbocycles. The quantitative estimate of drug-likeness (QED) is 0.158. The molecule has 366 valence electrons. The molecule has 0 aromatic rings. The Labute approximate surface area is 339 Å². The van der Waals surface area contributed by atoms with E-state index in [9.17, 15) is 126 Å².